The second kappa shape index (κ2) is 6.39. The summed E-state index contributed by atoms with van der Waals surface area (Å²) < 4.78 is 0. The molecular formula is C18H22. The minimum Gasteiger partial charge on any atom is -0.103 e. The van der Waals surface area contributed by atoms with Crippen molar-refractivity contribution in [2.24, 2.45) is 5.92 Å². The first kappa shape index (κ1) is 12.9. The quantitative estimate of drug-likeness (QED) is 0.603. The van der Waals surface area contributed by atoms with Crippen LogP contribution in [0.15, 0.2) is 60.7 Å². The van der Waals surface area contributed by atoms with E-state index in [1.54, 1.807) is 0 Å². The molecule has 0 fully saturated rings. The average Bonchev–Trinajstić information content (AvgIpc) is 2.46. The fourth-order valence-electron chi connectivity index (χ4n) is 2.52. The number of rotatable bonds is 5. The Balaban J connectivity index is 2.21. The minimum absolute atomic E-state index is 0.599. The summed E-state index contributed by atoms with van der Waals surface area (Å²) in [5.74, 6) is 0.599. The highest BCUT2D eigenvalue weighted by Crippen LogP contribution is 2.33. The second-order valence-electron chi connectivity index (χ2n) is 4.90. The number of benzene rings is 1. The molecule has 18 heavy (non-hydrogen) atoms. The number of allylic oxidation sites excluding steroid dienone is 5. The lowest BCUT2D eigenvalue weighted by Crippen LogP contribution is -2.01. The average molecular weight is 238 g/mol. The lowest BCUT2D eigenvalue weighted by molar-refractivity contribution is 0.627. The summed E-state index contributed by atoms with van der Waals surface area (Å²) in [5, 5.41) is 0. The molecule has 1 unspecified atom stereocenters. The largest absolute Gasteiger partial charge is 0.103 e. The predicted octanol–water partition coefficient (Wildman–Crippen LogP) is 5.39. The van der Waals surface area contributed by atoms with Crippen LogP contribution in [0.3, 0.4) is 0 Å². The van der Waals surface area contributed by atoms with Gasteiger partial charge in [0.25, 0.3) is 0 Å². The van der Waals surface area contributed by atoms with Gasteiger partial charge in [-0.25, -0.2) is 0 Å². The molecular weight excluding hydrogens is 216 g/mol. The summed E-state index contributed by atoms with van der Waals surface area (Å²) in [5.41, 5.74) is 4.28. The van der Waals surface area contributed by atoms with E-state index in [2.05, 4.69) is 62.1 Å². The molecule has 0 spiro atoms. The minimum atomic E-state index is 0.599. The molecule has 1 aliphatic carbocycles. The zero-order valence-electron chi connectivity index (χ0n) is 11.2. The van der Waals surface area contributed by atoms with E-state index in [-0.39, 0.29) is 0 Å². The maximum Gasteiger partial charge on any atom is -0.0185 e. The van der Waals surface area contributed by atoms with Gasteiger partial charge >= 0.3 is 0 Å². The van der Waals surface area contributed by atoms with Gasteiger partial charge in [0.1, 0.15) is 0 Å². The molecule has 0 nitrogen and oxygen atoms in total. The van der Waals surface area contributed by atoms with Crippen molar-refractivity contribution in [1.82, 2.24) is 0 Å². The second-order valence-corrected chi connectivity index (χ2v) is 4.90. The molecule has 1 aliphatic rings. The molecule has 0 saturated carbocycles. The predicted molar refractivity (Wildman–Crippen MR) is 80.3 cm³/mol. The number of hydrogen-bond acceptors (Lipinski definition) is 0. The molecule has 94 valence electrons. The van der Waals surface area contributed by atoms with Crippen molar-refractivity contribution in [2.45, 2.75) is 32.6 Å². The normalized spacial score (nSPS) is 16.7. The molecule has 0 aromatic heterocycles. The molecule has 0 heterocycles. The van der Waals surface area contributed by atoms with Crippen LogP contribution >= 0.6 is 0 Å². The Morgan fingerprint density at radius 1 is 1.17 bits per heavy atom. The van der Waals surface area contributed by atoms with Gasteiger partial charge in [-0.1, -0.05) is 55.5 Å². The van der Waals surface area contributed by atoms with Crippen molar-refractivity contribution in [3.05, 3.63) is 66.3 Å². The Morgan fingerprint density at radius 3 is 2.56 bits per heavy atom. The van der Waals surface area contributed by atoms with Gasteiger partial charge in [0.05, 0.1) is 0 Å². The molecule has 1 aromatic rings. The van der Waals surface area contributed by atoms with Gasteiger partial charge < -0.3 is 0 Å². The van der Waals surface area contributed by atoms with Gasteiger partial charge in [0.15, 0.2) is 0 Å². The maximum absolute atomic E-state index is 3.95. The summed E-state index contributed by atoms with van der Waals surface area (Å²) in [7, 11) is 0. The SMILES string of the molecule is C=CC(CC)CC1=CCCC=C1c1ccccc1. The molecule has 0 bridgehead atoms. The van der Waals surface area contributed by atoms with Crippen molar-refractivity contribution in [3.8, 4) is 0 Å². The fourth-order valence-corrected chi connectivity index (χ4v) is 2.52. The van der Waals surface area contributed by atoms with Gasteiger partial charge in [-0.2, -0.15) is 0 Å². The summed E-state index contributed by atoms with van der Waals surface area (Å²) in [4.78, 5) is 0. The highest BCUT2D eigenvalue weighted by atomic mass is 14.2. The van der Waals surface area contributed by atoms with E-state index >= 15 is 0 Å². The Kier molecular flexibility index (Phi) is 4.58. The molecule has 1 atom stereocenters. The van der Waals surface area contributed by atoms with Gasteiger partial charge in [0, 0.05) is 0 Å². The topological polar surface area (TPSA) is 0 Å². The summed E-state index contributed by atoms with van der Waals surface area (Å²) in [6, 6.07) is 10.7. The van der Waals surface area contributed by atoms with Crippen LogP contribution in [0.5, 0.6) is 0 Å². The highest BCUT2D eigenvalue weighted by molar-refractivity contribution is 5.79. The van der Waals surface area contributed by atoms with E-state index in [4.69, 9.17) is 0 Å². The van der Waals surface area contributed by atoms with Gasteiger partial charge in [0.2, 0.25) is 0 Å². The lowest BCUT2D eigenvalue weighted by Gasteiger charge is -2.20. The first-order valence-corrected chi connectivity index (χ1v) is 6.92. The lowest BCUT2D eigenvalue weighted by atomic mass is 9.85. The highest BCUT2D eigenvalue weighted by Gasteiger charge is 2.13. The van der Waals surface area contributed by atoms with Crippen molar-refractivity contribution in [2.75, 3.05) is 0 Å². The molecule has 0 N–H and O–H groups in total. The third-order valence-electron chi connectivity index (χ3n) is 3.68. The van der Waals surface area contributed by atoms with E-state index in [0.717, 1.165) is 6.42 Å². The van der Waals surface area contributed by atoms with Crippen LogP contribution < -0.4 is 0 Å². The third kappa shape index (κ3) is 3.01. The van der Waals surface area contributed by atoms with Crippen LogP contribution in [0.4, 0.5) is 0 Å². The van der Waals surface area contributed by atoms with E-state index in [1.807, 2.05) is 0 Å². The first-order valence-electron chi connectivity index (χ1n) is 6.92. The molecule has 0 amide bonds. The summed E-state index contributed by atoms with van der Waals surface area (Å²) >= 11 is 0. The Hall–Kier alpha value is -1.56. The van der Waals surface area contributed by atoms with Crippen LogP contribution in [-0.2, 0) is 0 Å². The first-order chi connectivity index (χ1) is 8.85. The van der Waals surface area contributed by atoms with Gasteiger partial charge in [-0.3, -0.25) is 0 Å². The number of hydrogen-bond donors (Lipinski definition) is 0. The van der Waals surface area contributed by atoms with Crippen molar-refractivity contribution in [3.63, 3.8) is 0 Å². The van der Waals surface area contributed by atoms with E-state index < -0.39 is 0 Å². The van der Waals surface area contributed by atoms with Crippen LogP contribution in [0.1, 0.15) is 38.2 Å². The Morgan fingerprint density at radius 2 is 1.89 bits per heavy atom. The zero-order valence-corrected chi connectivity index (χ0v) is 11.2. The van der Waals surface area contributed by atoms with Gasteiger partial charge in [-0.05, 0) is 48.3 Å². The smallest absolute Gasteiger partial charge is 0.0185 e. The Labute approximate surface area is 111 Å². The van der Waals surface area contributed by atoms with Crippen LogP contribution in [-0.4, -0.2) is 0 Å². The van der Waals surface area contributed by atoms with Crippen molar-refractivity contribution in [1.29, 1.82) is 0 Å². The molecule has 0 heteroatoms. The molecule has 0 saturated heterocycles. The summed E-state index contributed by atoms with van der Waals surface area (Å²) in [6.45, 7) is 6.19. The maximum atomic E-state index is 3.95. The monoisotopic (exact) mass is 238 g/mol. The standard InChI is InChI=1S/C18H22/c1-3-15(4-2)14-17-12-8-9-13-18(17)16-10-6-5-7-11-16/h3,5-7,10-13,15H,1,4,8-9,14H2,2H3. The Bertz CT molecular complexity index is 448. The van der Waals surface area contributed by atoms with Crippen LogP contribution in [0, 0.1) is 5.92 Å². The fraction of sp³-hybridized carbons (Fsp3) is 0.333. The van der Waals surface area contributed by atoms with Crippen molar-refractivity contribution >= 4 is 5.57 Å². The van der Waals surface area contributed by atoms with E-state index in [1.165, 1.54) is 36.0 Å². The molecule has 0 aliphatic heterocycles. The summed E-state index contributed by atoms with van der Waals surface area (Å²) in [6.07, 6.45) is 11.5. The van der Waals surface area contributed by atoms with Crippen LogP contribution in [0.2, 0.25) is 0 Å². The zero-order chi connectivity index (χ0) is 12.8. The van der Waals surface area contributed by atoms with Crippen LogP contribution in [0.25, 0.3) is 5.57 Å². The third-order valence-corrected chi connectivity index (χ3v) is 3.68. The van der Waals surface area contributed by atoms with E-state index in [9.17, 15) is 0 Å². The molecule has 1 aromatic carbocycles. The van der Waals surface area contributed by atoms with E-state index in [0.29, 0.717) is 5.92 Å². The van der Waals surface area contributed by atoms with Crippen molar-refractivity contribution < 1.29 is 0 Å². The van der Waals surface area contributed by atoms with Gasteiger partial charge in [-0.15, -0.1) is 6.58 Å². The molecule has 0 radical (unpaired) electrons. The molecule has 2 rings (SSSR count).